The quantitative estimate of drug-likeness (QED) is 0.0183. The smallest absolute Gasteiger partial charge is 0.412 e. The number of unbranched alkanes of at least 4 members (excludes halogenated alkanes) is 2. The van der Waals surface area contributed by atoms with Crippen molar-refractivity contribution in [3.63, 3.8) is 0 Å². The second-order valence-corrected chi connectivity index (χ2v) is 19.9. The highest BCUT2D eigenvalue weighted by molar-refractivity contribution is 7.55. The van der Waals surface area contributed by atoms with Gasteiger partial charge in [0, 0.05) is 0 Å². The predicted molar refractivity (Wildman–Crippen MR) is 191 cm³/mol. The van der Waals surface area contributed by atoms with Crippen LogP contribution in [-0.4, -0.2) is 65.0 Å². The maximum Gasteiger partial charge on any atom is 0.412 e. The van der Waals surface area contributed by atoms with Gasteiger partial charge in [0.15, 0.2) is 18.9 Å². The second-order valence-electron chi connectivity index (χ2n) is 13.4. The van der Waals surface area contributed by atoms with E-state index >= 15 is 0 Å². The molecule has 0 fully saturated rings. The number of allylic oxidation sites excluding steroid dienone is 3. The topological polar surface area (TPSA) is 88.1 Å². The molecule has 2 rings (SSSR count). The summed E-state index contributed by atoms with van der Waals surface area (Å²) >= 11 is 0. The van der Waals surface area contributed by atoms with Crippen LogP contribution in [0.15, 0.2) is 84.5 Å². The van der Waals surface area contributed by atoms with Crippen molar-refractivity contribution in [2.75, 3.05) is 20.3 Å². The van der Waals surface area contributed by atoms with Gasteiger partial charge in [0.1, 0.15) is 6.29 Å². The van der Waals surface area contributed by atoms with E-state index in [-0.39, 0.29) is 12.8 Å². The summed E-state index contributed by atoms with van der Waals surface area (Å²) in [7, 11) is -7.66. The summed E-state index contributed by atoms with van der Waals surface area (Å²) in [6.07, 6.45) is -2.22. The van der Waals surface area contributed by atoms with E-state index in [2.05, 4.69) is 34.6 Å². The lowest BCUT2D eigenvalue weighted by Crippen LogP contribution is -2.67. The molecule has 15 heteroatoms. The first-order valence-electron chi connectivity index (χ1n) is 16.9. The van der Waals surface area contributed by atoms with Gasteiger partial charge in [0.05, 0.1) is 13.2 Å². The number of rotatable bonds is 21. The average molecular weight is 779 g/mol. The molecule has 0 aliphatic carbocycles. The molecule has 0 saturated heterocycles. The van der Waals surface area contributed by atoms with Crippen LogP contribution >= 0.6 is 7.60 Å². The van der Waals surface area contributed by atoms with Crippen molar-refractivity contribution >= 4 is 38.5 Å². The maximum absolute atomic E-state index is 13.6. The Balaban J connectivity index is 2.57. The summed E-state index contributed by atoms with van der Waals surface area (Å²) in [4.78, 5) is 23.4. The van der Waals surface area contributed by atoms with Crippen molar-refractivity contribution in [3.8, 4) is 0 Å². The van der Waals surface area contributed by atoms with Crippen molar-refractivity contribution in [2.45, 2.75) is 102 Å². The standard InChI is InChI=1S/C37H49F6O7PSi/c1-29(18-11-7-6-8-16-25-44)26-30(50-52(35(2,3)4,31-20-12-9-13-21-31)32-22-14-10-15-23-32)19-17-24-33(34(45)47-5)51(46,48-27-36(38,39)40)49-28-37(41,42)43/h8-10,12-16,20-23,25-26,30,33H,6-7,11,17-19,24,27-28H2,1-5H3/b16-8+,29-26-. The van der Waals surface area contributed by atoms with Crippen molar-refractivity contribution in [3.05, 3.63) is 84.5 Å². The average Bonchev–Trinajstić information content (AvgIpc) is 3.08. The van der Waals surface area contributed by atoms with Crippen LogP contribution in [0.1, 0.15) is 72.6 Å². The molecule has 0 bridgehead atoms. The Hall–Kier alpha value is -3.03. The minimum absolute atomic E-state index is 0.0301. The van der Waals surface area contributed by atoms with Gasteiger partial charge in [-0.2, -0.15) is 26.3 Å². The van der Waals surface area contributed by atoms with Crippen LogP contribution in [0.2, 0.25) is 5.04 Å². The lowest BCUT2D eigenvalue weighted by molar-refractivity contribution is -0.167. The minimum atomic E-state index is -5.36. The molecule has 2 aromatic carbocycles. The molecule has 2 atom stereocenters. The van der Waals surface area contributed by atoms with Gasteiger partial charge in [0.25, 0.3) is 8.32 Å². The number of carbonyl (C=O) groups excluding carboxylic acids is 2. The summed E-state index contributed by atoms with van der Waals surface area (Å²) < 4.78 is 113. The van der Waals surface area contributed by atoms with Gasteiger partial charge >= 0.3 is 25.9 Å². The lowest BCUT2D eigenvalue weighted by Gasteiger charge is -2.45. The van der Waals surface area contributed by atoms with Gasteiger partial charge in [-0.1, -0.05) is 99.2 Å². The molecule has 0 amide bonds. The van der Waals surface area contributed by atoms with E-state index < -0.39 is 70.7 Å². The van der Waals surface area contributed by atoms with Crippen molar-refractivity contribution in [1.29, 1.82) is 0 Å². The Morgan fingerprint density at radius 3 is 1.79 bits per heavy atom. The first-order chi connectivity index (χ1) is 24.3. The van der Waals surface area contributed by atoms with Gasteiger partial charge in [-0.15, -0.1) is 0 Å². The zero-order valence-corrected chi connectivity index (χ0v) is 32.1. The molecular formula is C37H49F6O7PSi. The van der Waals surface area contributed by atoms with E-state index in [1.807, 2.05) is 73.7 Å². The third-order valence-corrected chi connectivity index (χ3v) is 15.5. The van der Waals surface area contributed by atoms with Gasteiger partial charge in [-0.25, -0.2) is 0 Å². The molecule has 52 heavy (non-hydrogen) atoms. The SMILES string of the molecule is COC(=O)C(CCCC(/C=C(/C)CCCC/C=C/C=O)O[Si](c1ccccc1)(c1ccccc1)C(C)(C)C)P(=O)(OCC(F)(F)F)OCC(F)(F)F. The van der Waals surface area contributed by atoms with Crippen LogP contribution in [0.25, 0.3) is 0 Å². The number of benzene rings is 2. The monoisotopic (exact) mass is 778 g/mol. The number of methoxy groups -OCH3 is 1. The molecule has 0 radical (unpaired) electrons. The molecule has 7 nitrogen and oxygen atoms in total. The fourth-order valence-electron chi connectivity index (χ4n) is 5.91. The Labute approximate surface area is 303 Å². The number of halogens is 6. The molecule has 0 N–H and O–H groups in total. The van der Waals surface area contributed by atoms with Gasteiger partial charge in [-0.3, -0.25) is 23.2 Å². The molecule has 0 spiro atoms. The number of esters is 1. The third-order valence-electron chi connectivity index (χ3n) is 8.26. The van der Waals surface area contributed by atoms with Gasteiger partial charge in [-0.05, 0) is 73.4 Å². The molecule has 0 aliphatic heterocycles. The number of carbonyl (C=O) groups is 2. The van der Waals surface area contributed by atoms with E-state index in [4.69, 9.17) is 4.43 Å². The van der Waals surface area contributed by atoms with E-state index in [9.17, 15) is 40.5 Å². The molecular weight excluding hydrogens is 729 g/mol. The lowest BCUT2D eigenvalue weighted by atomic mass is 10.0. The molecule has 0 saturated carbocycles. The molecule has 0 heterocycles. The summed E-state index contributed by atoms with van der Waals surface area (Å²) in [5.74, 6) is -1.33. The van der Waals surface area contributed by atoms with Crippen LogP contribution < -0.4 is 10.4 Å². The number of hydrogen-bond donors (Lipinski definition) is 0. The first kappa shape index (κ1) is 45.1. The number of ether oxygens (including phenoxy) is 1. The highest BCUT2D eigenvalue weighted by Crippen LogP contribution is 2.56. The Kier molecular flexibility index (Phi) is 17.7. The van der Waals surface area contributed by atoms with Crippen LogP contribution in [-0.2, 0) is 32.4 Å². The first-order valence-corrected chi connectivity index (χ1v) is 20.5. The van der Waals surface area contributed by atoms with E-state index in [1.54, 1.807) is 6.08 Å². The minimum Gasteiger partial charge on any atom is -0.468 e. The summed E-state index contributed by atoms with van der Waals surface area (Å²) in [5, 5.41) is 1.51. The van der Waals surface area contributed by atoms with E-state index in [1.165, 1.54) is 6.08 Å². The molecule has 0 aromatic heterocycles. The zero-order valence-electron chi connectivity index (χ0n) is 30.2. The second kappa shape index (κ2) is 20.4. The number of hydrogen-bond acceptors (Lipinski definition) is 7. The van der Waals surface area contributed by atoms with Crippen LogP contribution in [0, 0.1) is 0 Å². The summed E-state index contributed by atoms with van der Waals surface area (Å²) in [6.45, 7) is 3.80. The molecule has 0 aliphatic rings. The normalized spacial score (nSPS) is 14.7. The van der Waals surface area contributed by atoms with Crippen LogP contribution in [0.5, 0.6) is 0 Å². The van der Waals surface area contributed by atoms with Crippen LogP contribution in [0.3, 0.4) is 0 Å². The number of alkyl halides is 6. The van der Waals surface area contributed by atoms with Crippen LogP contribution in [0.4, 0.5) is 26.3 Å². The molecule has 290 valence electrons. The van der Waals surface area contributed by atoms with Gasteiger partial charge in [0.2, 0.25) is 0 Å². The third kappa shape index (κ3) is 14.4. The maximum atomic E-state index is 13.6. The Morgan fingerprint density at radius 2 is 1.35 bits per heavy atom. The predicted octanol–water partition coefficient (Wildman–Crippen LogP) is 9.26. The fraction of sp³-hybridized carbons (Fsp3) is 0.514. The van der Waals surface area contributed by atoms with E-state index in [0.717, 1.165) is 42.3 Å². The van der Waals surface area contributed by atoms with E-state index in [0.29, 0.717) is 12.7 Å². The van der Waals surface area contributed by atoms with Crippen molar-refractivity contribution < 1.29 is 58.7 Å². The largest absolute Gasteiger partial charge is 0.468 e. The molecule has 2 unspecified atom stereocenters. The summed E-state index contributed by atoms with van der Waals surface area (Å²) in [6, 6.07) is 19.5. The molecule has 2 aromatic rings. The van der Waals surface area contributed by atoms with Gasteiger partial charge < -0.3 is 9.16 Å². The zero-order chi connectivity index (χ0) is 39.1. The highest BCUT2D eigenvalue weighted by Gasteiger charge is 2.52. The number of aldehydes is 1. The van der Waals surface area contributed by atoms with Crippen molar-refractivity contribution in [1.82, 2.24) is 0 Å². The fourth-order valence-corrected chi connectivity index (χ4v) is 12.5. The Morgan fingerprint density at radius 1 is 0.827 bits per heavy atom. The Bertz CT molecular complexity index is 1430. The highest BCUT2D eigenvalue weighted by atomic mass is 31.2. The van der Waals surface area contributed by atoms with Crippen molar-refractivity contribution in [2.24, 2.45) is 0 Å². The summed E-state index contributed by atoms with van der Waals surface area (Å²) in [5.41, 5.74) is -1.10.